The van der Waals surface area contributed by atoms with Crippen LogP contribution in [0.25, 0.3) is 16.8 Å². The number of alkyl halides is 3. The number of rotatable bonds is 5. The number of aryl methyl sites for hydroxylation is 1. The number of hydrogen-bond acceptors (Lipinski definition) is 7. The van der Waals surface area contributed by atoms with Gasteiger partial charge in [-0.25, -0.2) is 27.7 Å². The van der Waals surface area contributed by atoms with Crippen molar-refractivity contribution in [1.82, 2.24) is 29.8 Å². The highest BCUT2D eigenvalue weighted by molar-refractivity contribution is 5.98. The molecular formula is C23H24F3N7O3. The van der Waals surface area contributed by atoms with Crippen molar-refractivity contribution in [1.29, 1.82) is 0 Å². The molecule has 190 valence electrons. The lowest BCUT2D eigenvalue weighted by molar-refractivity contribution is -0.159. The molecule has 0 spiro atoms. The summed E-state index contributed by atoms with van der Waals surface area (Å²) in [6, 6.07) is 2.37. The molecule has 2 amide bonds. The molecule has 1 saturated heterocycles. The number of hydrogen-bond donors (Lipinski definition) is 2. The number of carbonyl (C=O) groups excluding carboxylic acids is 2. The monoisotopic (exact) mass is 503 g/mol. The second-order valence-electron chi connectivity index (χ2n) is 9.20. The summed E-state index contributed by atoms with van der Waals surface area (Å²) in [6.07, 6.45) is 0.219. The van der Waals surface area contributed by atoms with E-state index in [4.69, 9.17) is 10.5 Å². The first kappa shape index (κ1) is 23.8. The van der Waals surface area contributed by atoms with Crippen LogP contribution in [0, 0.1) is 12.8 Å². The minimum Gasteiger partial charge on any atom is -0.480 e. The second-order valence-corrected chi connectivity index (χ2v) is 9.20. The van der Waals surface area contributed by atoms with Crippen LogP contribution in [0.1, 0.15) is 28.8 Å². The Morgan fingerprint density at radius 2 is 1.97 bits per heavy atom. The van der Waals surface area contributed by atoms with Gasteiger partial charge in [0, 0.05) is 37.1 Å². The van der Waals surface area contributed by atoms with E-state index in [1.54, 1.807) is 10.6 Å². The SMILES string of the molecule is COc1ncc(-c2cc(C)c3c(N)ncnn23)cc1C(=O)NC1CN(C(=O)C2CC(F)(F)C2)C[C@H]1F. The van der Waals surface area contributed by atoms with Crippen LogP contribution >= 0.6 is 0 Å². The number of nitrogen functional groups attached to an aromatic ring is 1. The number of anilines is 1. The molecule has 10 nitrogen and oxygen atoms in total. The summed E-state index contributed by atoms with van der Waals surface area (Å²) >= 11 is 0. The Hall–Kier alpha value is -3.90. The van der Waals surface area contributed by atoms with Crippen LogP contribution in [0.2, 0.25) is 0 Å². The quantitative estimate of drug-likeness (QED) is 0.545. The topological polar surface area (TPSA) is 128 Å². The van der Waals surface area contributed by atoms with Crippen LogP contribution in [-0.4, -0.2) is 74.6 Å². The third-order valence-corrected chi connectivity index (χ3v) is 6.67. The number of aromatic nitrogens is 4. The maximum atomic E-state index is 14.7. The number of nitrogens with zero attached hydrogens (tertiary/aromatic N) is 5. The van der Waals surface area contributed by atoms with Crippen molar-refractivity contribution in [2.24, 2.45) is 5.92 Å². The highest BCUT2D eigenvalue weighted by atomic mass is 19.3. The average molecular weight is 503 g/mol. The Balaban J connectivity index is 1.37. The van der Waals surface area contributed by atoms with E-state index in [0.29, 0.717) is 22.6 Å². The van der Waals surface area contributed by atoms with Gasteiger partial charge in [-0.3, -0.25) is 9.59 Å². The molecule has 13 heteroatoms. The smallest absolute Gasteiger partial charge is 0.257 e. The molecule has 5 rings (SSSR count). The minimum atomic E-state index is -2.85. The van der Waals surface area contributed by atoms with Gasteiger partial charge in [0.1, 0.15) is 23.6 Å². The van der Waals surface area contributed by atoms with E-state index in [2.05, 4.69) is 20.4 Å². The van der Waals surface area contributed by atoms with Gasteiger partial charge in [-0.2, -0.15) is 5.10 Å². The predicted molar refractivity (Wildman–Crippen MR) is 122 cm³/mol. The van der Waals surface area contributed by atoms with Gasteiger partial charge in [-0.05, 0) is 24.6 Å². The fourth-order valence-electron chi connectivity index (χ4n) is 4.80. The van der Waals surface area contributed by atoms with Gasteiger partial charge in [0.05, 0.1) is 25.4 Å². The standard InChI is InChI=1S/C23H24F3N7O3/c1-11-3-17(33-18(11)19(27)29-10-30-33)12-4-14(21(36-2)28-7-12)20(34)31-16-9-32(8-15(16)24)22(35)13-5-23(25,26)6-13/h3-4,7,10,13,15-16H,5-6,8-9H2,1-2H3,(H,31,34)(H2,27,29,30)/t15-,16?/m1/s1. The van der Waals surface area contributed by atoms with Crippen molar-refractivity contribution >= 4 is 23.1 Å². The van der Waals surface area contributed by atoms with E-state index in [9.17, 15) is 22.8 Å². The van der Waals surface area contributed by atoms with Gasteiger partial charge in [0.2, 0.25) is 17.7 Å². The second kappa shape index (κ2) is 8.64. The van der Waals surface area contributed by atoms with Gasteiger partial charge in [-0.15, -0.1) is 0 Å². The molecule has 0 bridgehead atoms. The Morgan fingerprint density at radius 1 is 1.22 bits per heavy atom. The van der Waals surface area contributed by atoms with Crippen LogP contribution in [-0.2, 0) is 4.79 Å². The van der Waals surface area contributed by atoms with Crippen molar-refractivity contribution in [3.63, 3.8) is 0 Å². The number of carbonyl (C=O) groups is 2. The Morgan fingerprint density at radius 3 is 2.67 bits per heavy atom. The maximum Gasteiger partial charge on any atom is 0.257 e. The zero-order valence-electron chi connectivity index (χ0n) is 19.5. The summed E-state index contributed by atoms with van der Waals surface area (Å²) in [5, 5.41) is 6.84. The minimum absolute atomic E-state index is 0.0287. The van der Waals surface area contributed by atoms with Gasteiger partial charge in [0.25, 0.3) is 5.91 Å². The molecule has 0 aromatic carbocycles. The summed E-state index contributed by atoms with van der Waals surface area (Å²) in [4.78, 5) is 35.0. The fourth-order valence-corrected chi connectivity index (χ4v) is 4.80. The summed E-state index contributed by atoms with van der Waals surface area (Å²) in [5.41, 5.74) is 8.63. The number of amides is 2. The van der Waals surface area contributed by atoms with E-state index in [1.807, 2.05) is 13.0 Å². The number of halogens is 3. The first-order valence-electron chi connectivity index (χ1n) is 11.3. The van der Waals surface area contributed by atoms with Crippen LogP contribution in [0.5, 0.6) is 5.88 Å². The van der Waals surface area contributed by atoms with E-state index in [1.165, 1.54) is 24.5 Å². The third-order valence-electron chi connectivity index (χ3n) is 6.67. The number of ether oxygens (including phenoxy) is 1. The number of nitrogens with two attached hydrogens (primary N) is 1. The van der Waals surface area contributed by atoms with E-state index >= 15 is 0 Å². The highest BCUT2D eigenvalue weighted by Crippen LogP contribution is 2.43. The molecule has 1 unspecified atom stereocenters. The molecule has 3 aromatic heterocycles. The zero-order chi connectivity index (χ0) is 25.8. The lowest BCUT2D eigenvalue weighted by atomic mass is 9.80. The van der Waals surface area contributed by atoms with Gasteiger partial charge >= 0.3 is 0 Å². The van der Waals surface area contributed by atoms with Crippen LogP contribution < -0.4 is 15.8 Å². The van der Waals surface area contributed by atoms with Crippen molar-refractivity contribution < 1.29 is 27.5 Å². The number of nitrogens with one attached hydrogen (secondary N) is 1. The van der Waals surface area contributed by atoms with Crippen molar-refractivity contribution in [2.75, 3.05) is 25.9 Å². The van der Waals surface area contributed by atoms with Crippen molar-refractivity contribution in [2.45, 2.75) is 37.9 Å². The molecule has 3 N–H and O–H groups in total. The van der Waals surface area contributed by atoms with Gasteiger partial charge in [-0.1, -0.05) is 0 Å². The summed E-state index contributed by atoms with van der Waals surface area (Å²) < 4.78 is 47.8. The normalized spacial score (nSPS) is 21.4. The predicted octanol–water partition coefficient (Wildman–Crippen LogP) is 2.01. The molecule has 1 aliphatic carbocycles. The lowest BCUT2D eigenvalue weighted by Crippen LogP contribution is -2.47. The third kappa shape index (κ3) is 4.07. The van der Waals surface area contributed by atoms with E-state index < -0.39 is 48.7 Å². The van der Waals surface area contributed by atoms with Crippen molar-refractivity contribution in [3.05, 3.63) is 35.8 Å². The molecular weight excluding hydrogens is 479 g/mol. The van der Waals surface area contributed by atoms with Gasteiger partial charge < -0.3 is 20.7 Å². The Labute approximate surface area is 203 Å². The van der Waals surface area contributed by atoms with E-state index in [0.717, 1.165) is 5.56 Å². The maximum absolute atomic E-state index is 14.7. The Bertz CT molecular complexity index is 1350. The Kier molecular flexibility index (Phi) is 5.72. The number of fused-ring (bicyclic) bond motifs is 1. The largest absolute Gasteiger partial charge is 0.480 e. The van der Waals surface area contributed by atoms with Crippen LogP contribution in [0.15, 0.2) is 24.7 Å². The van der Waals surface area contributed by atoms with Gasteiger partial charge in [0.15, 0.2) is 5.82 Å². The first-order valence-corrected chi connectivity index (χ1v) is 11.3. The van der Waals surface area contributed by atoms with Crippen LogP contribution in [0.3, 0.4) is 0 Å². The number of pyridine rings is 1. The molecule has 2 fully saturated rings. The van der Waals surface area contributed by atoms with Crippen LogP contribution in [0.4, 0.5) is 19.0 Å². The fraction of sp³-hybridized carbons (Fsp3) is 0.435. The molecule has 1 saturated carbocycles. The lowest BCUT2D eigenvalue weighted by Gasteiger charge is -2.36. The molecule has 4 heterocycles. The molecule has 2 aliphatic rings. The molecule has 1 aliphatic heterocycles. The summed E-state index contributed by atoms with van der Waals surface area (Å²) in [7, 11) is 1.35. The molecule has 2 atom stereocenters. The average Bonchev–Trinajstić information content (AvgIpc) is 3.36. The summed E-state index contributed by atoms with van der Waals surface area (Å²) in [6.45, 7) is 1.47. The molecule has 3 aromatic rings. The number of likely N-dealkylation sites (tertiary alicyclic amines) is 1. The van der Waals surface area contributed by atoms with E-state index in [-0.39, 0.29) is 24.5 Å². The number of methoxy groups -OCH3 is 1. The highest BCUT2D eigenvalue weighted by Gasteiger charge is 2.51. The summed E-state index contributed by atoms with van der Waals surface area (Å²) in [5.74, 6) is -4.50. The zero-order valence-corrected chi connectivity index (χ0v) is 19.5. The van der Waals surface area contributed by atoms with Crippen molar-refractivity contribution in [3.8, 4) is 17.1 Å². The molecule has 0 radical (unpaired) electrons. The molecule has 36 heavy (non-hydrogen) atoms. The first-order chi connectivity index (χ1) is 17.1.